The normalized spacial score (nSPS) is 30.9. The van der Waals surface area contributed by atoms with Gasteiger partial charge in [-0.25, -0.2) is 0 Å². The van der Waals surface area contributed by atoms with Crippen LogP contribution in [0, 0.1) is 11.8 Å². The minimum Gasteiger partial charge on any atom is -0.388 e. The number of Topliss-reactive ketones (excluding diaryl/α,β-unsaturated/α-hetero) is 1. The fourth-order valence-corrected chi connectivity index (χ4v) is 4.45. The first-order valence-corrected chi connectivity index (χ1v) is 8.92. The number of aliphatic hydroxyl groups is 2. The summed E-state index contributed by atoms with van der Waals surface area (Å²) < 4.78 is 0. The van der Waals surface area contributed by atoms with Crippen molar-refractivity contribution in [2.75, 3.05) is 0 Å². The van der Waals surface area contributed by atoms with E-state index in [0.717, 1.165) is 24.0 Å². The first-order valence-electron chi connectivity index (χ1n) is 8.92. The highest BCUT2D eigenvalue weighted by atomic mass is 16.3. The number of piperidine rings is 1. The van der Waals surface area contributed by atoms with Gasteiger partial charge in [0.15, 0.2) is 0 Å². The van der Waals surface area contributed by atoms with Crippen molar-refractivity contribution in [2.45, 2.75) is 37.1 Å². The SMILES string of the molecule is O=C1[C@H](C(O)c2ccccc2)[C@H]2CC[C@H](N2)[C@@H]1C(O)c1ccccc1. The van der Waals surface area contributed by atoms with E-state index < -0.39 is 24.0 Å². The van der Waals surface area contributed by atoms with Gasteiger partial charge in [0.25, 0.3) is 0 Å². The van der Waals surface area contributed by atoms with Crippen molar-refractivity contribution in [3.63, 3.8) is 0 Å². The molecule has 4 nitrogen and oxygen atoms in total. The van der Waals surface area contributed by atoms with Gasteiger partial charge in [-0.15, -0.1) is 0 Å². The first kappa shape index (κ1) is 16.5. The van der Waals surface area contributed by atoms with E-state index in [-0.39, 0.29) is 17.9 Å². The lowest BCUT2D eigenvalue weighted by Gasteiger charge is -2.39. The Kier molecular flexibility index (Phi) is 4.42. The minimum atomic E-state index is -0.851. The number of carbonyl (C=O) groups is 1. The average molecular weight is 337 g/mol. The Morgan fingerprint density at radius 1 is 0.760 bits per heavy atom. The second kappa shape index (κ2) is 6.71. The lowest BCUT2D eigenvalue weighted by atomic mass is 9.74. The molecule has 4 rings (SSSR count). The number of ketones is 1. The van der Waals surface area contributed by atoms with E-state index in [0.29, 0.717) is 0 Å². The molecule has 6 atom stereocenters. The van der Waals surface area contributed by atoms with Crippen LogP contribution < -0.4 is 5.32 Å². The number of aliphatic hydroxyl groups excluding tert-OH is 2. The van der Waals surface area contributed by atoms with E-state index in [1.54, 1.807) is 0 Å². The summed E-state index contributed by atoms with van der Waals surface area (Å²) in [6, 6.07) is 18.6. The number of benzene rings is 2. The van der Waals surface area contributed by atoms with Gasteiger partial charge in [0.1, 0.15) is 5.78 Å². The van der Waals surface area contributed by atoms with Gasteiger partial charge in [-0.2, -0.15) is 0 Å². The lowest BCUT2D eigenvalue weighted by molar-refractivity contribution is -0.139. The highest BCUT2D eigenvalue weighted by Gasteiger charge is 2.52. The summed E-state index contributed by atoms with van der Waals surface area (Å²) in [6.45, 7) is 0. The molecule has 2 saturated heterocycles. The zero-order valence-electron chi connectivity index (χ0n) is 14.0. The molecule has 130 valence electrons. The van der Waals surface area contributed by atoms with E-state index in [1.807, 2.05) is 60.7 Å². The maximum absolute atomic E-state index is 13.3. The number of nitrogens with one attached hydrogen (secondary N) is 1. The van der Waals surface area contributed by atoms with Gasteiger partial charge in [0, 0.05) is 12.1 Å². The maximum Gasteiger partial charge on any atom is 0.148 e. The van der Waals surface area contributed by atoms with Crippen LogP contribution in [-0.4, -0.2) is 28.1 Å². The molecule has 2 aromatic rings. The summed E-state index contributed by atoms with van der Waals surface area (Å²) >= 11 is 0. The molecule has 2 bridgehead atoms. The van der Waals surface area contributed by atoms with E-state index >= 15 is 0 Å². The molecule has 0 spiro atoms. The molecule has 2 unspecified atom stereocenters. The van der Waals surface area contributed by atoms with Gasteiger partial charge in [-0.05, 0) is 24.0 Å². The van der Waals surface area contributed by atoms with Gasteiger partial charge in [-0.1, -0.05) is 60.7 Å². The molecular formula is C21H23NO3. The highest BCUT2D eigenvalue weighted by Crippen LogP contribution is 2.43. The highest BCUT2D eigenvalue weighted by molar-refractivity contribution is 5.87. The van der Waals surface area contributed by atoms with Crippen molar-refractivity contribution in [3.8, 4) is 0 Å². The van der Waals surface area contributed by atoms with Crippen molar-refractivity contribution < 1.29 is 15.0 Å². The molecule has 4 heteroatoms. The van der Waals surface area contributed by atoms with Crippen LogP contribution in [-0.2, 0) is 4.79 Å². The Labute approximate surface area is 147 Å². The van der Waals surface area contributed by atoms with Gasteiger partial charge < -0.3 is 15.5 Å². The van der Waals surface area contributed by atoms with Crippen LogP contribution in [0.2, 0.25) is 0 Å². The molecular weight excluding hydrogens is 314 g/mol. The van der Waals surface area contributed by atoms with Gasteiger partial charge >= 0.3 is 0 Å². The molecule has 3 N–H and O–H groups in total. The number of hydrogen-bond acceptors (Lipinski definition) is 4. The Morgan fingerprint density at radius 2 is 1.16 bits per heavy atom. The van der Waals surface area contributed by atoms with Gasteiger partial charge in [0.2, 0.25) is 0 Å². The van der Waals surface area contributed by atoms with E-state index in [4.69, 9.17) is 0 Å². The molecule has 2 aromatic carbocycles. The lowest BCUT2D eigenvalue weighted by Crippen LogP contribution is -2.55. The molecule has 2 heterocycles. The molecule has 0 saturated carbocycles. The molecule has 0 amide bonds. The Morgan fingerprint density at radius 3 is 1.56 bits per heavy atom. The predicted octanol–water partition coefficient (Wildman–Crippen LogP) is 2.39. The smallest absolute Gasteiger partial charge is 0.148 e. The quantitative estimate of drug-likeness (QED) is 0.801. The van der Waals surface area contributed by atoms with Crippen molar-refractivity contribution in [2.24, 2.45) is 11.8 Å². The van der Waals surface area contributed by atoms with Crippen molar-refractivity contribution >= 4 is 5.78 Å². The summed E-state index contributed by atoms with van der Waals surface area (Å²) in [4.78, 5) is 13.3. The molecule has 0 radical (unpaired) electrons. The molecule has 25 heavy (non-hydrogen) atoms. The summed E-state index contributed by atoms with van der Waals surface area (Å²) in [5.41, 5.74) is 1.50. The predicted molar refractivity (Wildman–Crippen MR) is 94.7 cm³/mol. The molecule has 0 aromatic heterocycles. The standard InChI is InChI=1S/C21H23NO3/c23-19(13-7-3-1-4-8-13)17-15-11-12-16(22-15)18(21(17)25)20(24)14-9-5-2-6-10-14/h1-10,15-20,22-24H,11-12H2/t15-,16+,17+,18-,19?,20?. The van der Waals surface area contributed by atoms with Crippen LogP contribution >= 0.6 is 0 Å². The molecule has 2 aliphatic rings. The summed E-state index contributed by atoms with van der Waals surface area (Å²) in [5.74, 6) is -1.08. The maximum atomic E-state index is 13.3. The third kappa shape index (κ3) is 2.91. The number of fused-ring (bicyclic) bond motifs is 2. The zero-order valence-corrected chi connectivity index (χ0v) is 14.0. The summed E-state index contributed by atoms with van der Waals surface area (Å²) in [7, 11) is 0. The van der Waals surface area contributed by atoms with Gasteiger partial charge in [-0.3, -0.25) is 4.79 Å². The van der Waals surface area contributed by atoms with Crippen LogP contribution in [0.5, 0.6) is 0 Å². The van der Waals surface area contributed by atoms with Crippen LogP contribution in [0.4, 0.5) is 0 Å². The molecule has 2 aliphatic heterocycles. The number of carbonyl (C=O) groups excluding carboxylic acids is 1. The number of hydrogen-bond donors (Lipinski definition) is 3. The Hall–Kier alpha value is -2.01. The monoisotopic (exact) mass is 337 g/mol. The molecule has 0 aliphatic carbocycles. The fraction of sp³-hybridized carbons (Fsp3) is 0.381. The van der Waals surface area contributed by atoms with Crippen molar-refractivity contribution in [1.29, 1.82) is 0 Å². The van der Waals surface area contributed by atoms with Crippen LogP contribution in [0.3, 0.4) is 0 Å². The van der Waals surface area contributed by atoms with Crippen molar-refractivity contribution in [3.05, 3.63) is 71.8 Å². The third-order valence-electron chi connectivity index (χ3n) is 5.70. The topological polar surface area (TPSA) is 69.6 Å². The molecule has 2 fully saturated rings. The second-order valence-electron chi connectivity index (χ2n) is 7.12. The zero-order chi connectivity index (χ0) is 17.4. The first-order chi connectivity index (χ1) is 12.2. The summed E-state index contributed by atoms with van der Waals surface area (Å²) in [6.07, 6.45) is -0.00201. The van der Waals surface area contributed by atoms with Gasteiger partial charge in [0.05, 0.1) is 24.0 Å². The van der Waals surface area contributed by atoms with Crippen LogP contribution in [0.15, 0.2) is 60.7 Å². The Bertz CT molecular complexity index is 672. The van der Waals surface area contributed by atoms with Crippen LogP contribution in [0.25, 0.3) is 0 Å². The fourth-order valence-electron chi connectivity index (χ4n) is 4.45. The minimum absolute atomic E-state index is 0.0214. The van der Waals surface area contributed by atoms with Crippen LogP contribution in [0.1, 0.15) is 36.2 Å². The largest absolute Gasteiger partial charge is 0.388 e. The Balaban J connectivity index is 1.65. The van der Waals surface area contributed by atoms with E-state index in [9.17, 15) is 15.0 Å². The van der Waals surface area contributed by atoms with E-state index in [1.165, 1.54) is 0 Å². The number of rotatable bonds is 4. The second-order valence-corrected chi connectivity index (χ2v) is 7.12. The van der Waals surface area contributed by atoms with Crippen molar-refractivity contribution in [1.82, 2.24) is 5.32 Å². The van der Waals surface area contributed by atoms with E-state index in [2.05, 4.69) is 5.32 Å². The average Bonchev–Trinajstić information content (AvgIpc) is 3.07. The summed E-state index contributed by atoms with van der Waals surface area (Å²) in [5, 5.41) is 25.2. The third-order valence-corrected chi connectivity index (χ3v) is 5.70.